The number of hydrogen-bond donors (Lipinski definition) is 0. The normalized spacial score (nSPS) is 56.3. The molecule has 0 aliphatic heterocycles. The number of fused-ring (bicyclic) bond motifs is 4. The van der Waals surface area contributed by atoms with Crippen LogP contribution in [0.15, 0.2) is 0 Å². The zero-order chi connectivity index (χ0) is 15.3. The van der Waals surface area contributed by atoms with Crippen LogP contribution in [0.25, 0.3) is 0 Å². The third kappa shape index (κ3) is 1.48. The van der Waals surface area contributed by atoms with Crippen molar-refractivity contribution in [2.45, 2.75) is 92.3 Å². The molecule has 6 atom stereocenters. The summed E-state index contributed by atoms with van der Waals surface area (Å²) in [5.74, 6) is 1.79. The van der Waals surface area contributed by atoms with Crippen molar-refractivity contribution in [3.05, 3.63) is 0 Å². The average molecular weight is 290 g/mol. The van der Waals surface area contributed by atoms with Crippen molar-refractivity contribution in [3.8, 4) is 0 Å². The molecule has 0 heterocycles. The van der Waals surface area contributed by atoms with Crippen LogP contribution in [0.5, 0.6) is 0 Å². The van der Waals surface area contributed by atoms with E-state index in [9.17, 15) is 0 Å². The van der Waals surface area contributed by atoms with Crippen LogP contribution < -0.4 is 0 Å². The SMILES string of the molecule is CC1(C)[C@H]2CC[C@]1(C)[C@@H](O[C@H]1C[C@@H]3CC[C@@]1(C)C3(C)C)C2. The van der Waals surface area contributed by atoms with Crippen LogP contribution in [0.1, 0.15) is 80.1 Å². The van der Waals surface area contributed by atoms with Gasteiger partial charge in [-0.25, -0.2) is 0 Å². The molecule has 120 valence electrons. The molecular weight excluding hydrogens is 256 g/mol. The summed E-state index contributed by atoms with van der Waals surface area (Å²) in [6.07, 6.45) is 9.30. The molecule has 0 amide bonds. The van der Waals surface area contributed by atoms with E-state index in [0.29, 0.717) is 33.9 Å². The van der Waals surface area contributed by atoms with Crippen LogP contribution in [-0.4, -0.2) is 12.2 Å². The third-order valence-corrected chi connectivity index (χ3v) is 9.76. The summed E-state index contributed by atoms with van der Waals surface area (Å²) in [5, 5.41) is 0. The second-order valence-corrected chi connectivity index (χ2v) is 10.3. The van der Waals surface area contributed by atoms with E-state index in [0.717, 1.165) is 11.8 Å². The van der Waals surface area contributed by atoms with Crippen molar-refractivity contribution in [1.29, 1.82) is 0 Å². The molecule has 0 N–H and O–H groups in total. The van der Waals surface area contributed by atoms with Crippen LogP contribution in [-0.2, 0) is 4.74 Å². The lowest BCUT2D eigenvalue weighted by Crippen LogP contribution is -2.44. The molecule has 4 rings (SSSR count). The van der Waals surface area contributed by atoms with Crippen LogP contribution in [0.3, 0.4) is 0 Å². The van der Waals surface area contributed by atoms with Gasteiger partial charge in [-0.3, -0.25) is 0 Å². The molecule has 1 heteroatoms. The predicted molar refractivity (Wildman–Crippen MR) is 87.1 cm³/mol. The van der Waals surface area contributed by atoms with Gasteiger partial charge in [0.15, 0.2) is 0 Å². The minimum absolute atomic E-state index is 0.417. The molecule has 4 aliphatic carbocycles. The van der Waals surface area contributed by atoms with E-state index >= 15 is 0 Å². The largest absolute Gasteiger partial charge is 0.374 e. The summed E-state index contributed by atoms with van der Waals surface area (Å²) in [5.41, 5.74) is 1.79. The molecule has 0 spiro atoms. The van der Waals surface area contributed by atoms with Gasteiger partial charge in [0.2, 0.25) is 0 Å². The summed E-state index contributed by atoms with van der Waals surface area (Å²) in [7, 11) is 0. The molecule has 0 aromatic heterocycles. The Morgan fingerprint density at radius 3 is 1.29 bits per heavy atom. The van der Waals surface area contributed by atoms with Crippen LogP contribution in [0, 0.1) is 33.5 Å². The minimum Gasteiger partial charge on any atom is -0.374 e. The van der Waals surface area contributed by atoms with Gasteiger partial charge >= 0.3 is 0 Å². The Balaban J connectivity index is 1.57. The van der Waals surface area contributed by atoms with Gasteiger partial charge in [0, 0.05) is 0 Å². The Morgan fingerprint density at radius 2 is 1.05 bits per heavy atom. The monoisotopic (exact) mass is 290 g/mol. The van der Waals surface area contributed by atoms with Gasteiger partial charge in [-0.1, -0.05) is 41.5 Å². The zero-order valence-corrected chi connectivity index (χ0v) is 15.0. The predicted octanol–water partition coefficient (Wildman–Crippen LogP) is 5.43. The highest BCUT2D eigenvalue weighted by atomic mass is 16.5. The molecule has 0 saturated heterocycles. The Bertz CT molecular complexity index is 422. The van der Waals surface area contributed by atoms with Gasteiger partial charge in [-0.05, 0) is 72.0 Å². The van der Waals surface area contributed by atoms with E-state index in [2.05, 4.69) is 41.5 Å². The molecule has 21 heavy (non-hydrogen) atoms. The Morgan fingerprint density at radius 1 is 0.667 bits per heavy atom. The fraction of sp³-hybridized carbons (Fsp3) is 1.00. The zero-order valence-electron chi connectivity index (χ0n) is 15.0. The van der Waals surface area contributed by atoms with Crippen molar-refractivity contribution >= 4 is 0 Å². The molecule has 4 aliphatic rings. The van der Waals surface area contributed by atoms with Gasteiger partial charge in [0.25, 0.3) is 0 Å². The topological polar surface area (TPSA) is 9.23 Å². The standard InChI is InChI=1S/C20H34O/c1-17(2)13-7-9-19(17,5)15(11-13)21-16-12-14-8-10-20(16,6)18(14,3)4/h13-16H,7-12H2,1-6H3/t13-,14-,15-,16-,19+,20+/m0/s1. The van der Waals surface area contributed by atoms with Crippen molar-refractivity contribution in [1.82, 2.24) is 0 Å². The highest BCUT2D eigenvalue weighted by Gasteiger charge is 2.66. The fourth-order valence-electron chi connectivity index (χ4n) is 6.87. The summed E-state index contributed by atoms with van der Waals surface area (Å²) in [6, 6.07) is 0. The molecule has 0 aromatic rings. The maximum atomic E-state index is 6.92. The first-order chi connectivity index (χ1) is 9.63. The third-order valence-electron chi connectivity index (χ3n) is 9.76. The number of hydrogen-bond acceptors (Lipinski definition) is 1. The van der Waals surface area contributed by atoms with Crippen molar-refractivity contribution in [3.63, 3.8) is 0 Å². The first-order valence-electron chi connectivity index (χ1n) is 9.28. The van der Waals surface area contributed by atoms with Crippen LogP contribution >= 0.6 is 0 Å². The Labute approximate surface area is 131 Å². The van der Waals surface area contributed by atoms with Gasteiger partial charge in [0.1, 0.15) is 0 Å². The van der Waals surface area contributed by atoms with E-state index in [1.807, 2.05) is 0 Å². The Kier molecular flexibility index (Phi) is 2.69. The first kappa shape index (κ1) is 14.5. The van der Waals surface area contributed by atoms with Gasteiger partial charge < -0.3 is 4.74 Å². The van der Waals surface area contributed by atoms with E-state index in [1.165, 1.54) is 38.5 Å². The molecule has 4 fully saturated rings. The molecular formula is C20H34O. The Hall–Kier alpha value is -0.0400. The van der Waals surface area contributed by atoms with Gasteiger partial charge in [0.05, 0.1) is 12.2 Å². The lowest BCUT2D eigenvalue weighted by molar-refractivity contribution is -0.132. The second-order valence-electron chi connectivity index (χ2n) is 10.3. The molecule has 0 unspecified atom stereocenters. The average Bonchev–Trinajstić information content (AvgIpc) is 2.90. The second kappa shape index (κ2) is 3.89. The maximum absolute atomic E-state index is 6.92. The summed E-state index contributed by atoms with van der Waals surface area (Å²) >= 11 is 0. The number of rotatable bonds is 2. The minimum atomic E-state index is 0.417. The first-order valence-corrected chi connectivity index (χ1v) is 9.28. The quantitative estimate of drug-likeness (QED) is 0.658. The van der Waals surface area contributed by atoms with Crippen LogP contribution in [0.2, 0.25) is 0 Å². The highest BCUT2D eigenvalue weighted by Crippen LogP contribution is 2.70. The van der Waals surface area contributed by atoms with E-state index in [4.69, 9.17) is 4.74 Å². The molecule has 4 saturated carbocycles. The van der Waals surface area contributed by atoms with E-state index in [1.54, 1.807) is 0 Å². The van der Waals surface area contributed by atoms with Crippen molar-refractivity contribution < 1.29 is 4.74 Å². The summed E-state index contributed by atoms with van der Waals surface area (Å²) < 4.78 is 6.92. The van der Waals surface area contributed by atoms with Crippen molar-refractivity contribution in [2.24, 2.45) is 33.5 Å². The molecule has 4 bridgehead atoms. The van der Waals surface area contributed by atoms with Crippen LogP contribution in [0.4, 0.5) is 0 Å². The summed E-state index contributed by atoms with van der Waals surface area (Å²) in [6.45, 7) is 15.0. The smallest absolute Gasteiger partial charge is 0.0640 e. The lowest BCUT2D eigenvalue weighted by atomic mass is 9.68. The fourth-order valence-corrected chi connectivity index (χ4v) is 6.87. The lowest BCUT2D eigenvalue weighted by Gasteiger charge is -2.44. The highest BCUT2D eigenvalue weighted by molar-refractivity contribution is 5.14. The molecule has 0 radical (unpaired) electrons. The molecule has 1 nitrogen and oxygen atoms in total. The van der Waals surface area contributed by atoms with Gasteiger partial charge in [-0.2, -0.15) is 0 Å². The van der Waals surface area contributed by atoms with Crippen molar-refractivity contribution in [2.75, 3.05) is 0 Å². The maximum Gasteiger partial charge on any atom is 0.0640 e. The summed E-state index contributed by atoms with van der Waals surface area (Å²) in [4.78, 5) is 0. The van der Waals surface area contributed by atoms with Gasteiger partial charge in [-0.15, -0.1) is 0 Å². The number of ether oxygens (including phenoxy) is 1. The molecule has 0 aromatic carbocycles. The van der Waals surface area contributed by atoms with E-state index in [-0.39, 0.29) is 0 Å². The van der Waals surface area contributed by atoms with E-state index < -0.39 is 0 Å².